The highest BCUT2D eigenvalue weighted by atomic mass is 32.2. The standard InChI is InChI=1S/C15H20N2O2S2/c1-3-16-10-14-9-15(11-20-14)21(18,19)17-12(2)13-7-5-4-6-8-13/h4-9,11-12,16-17H,3,10H2,1-2H3. The quantitative estimate of drug-likeness (QED) is 0.823. The Morgan fingerprint density at radius 3 is 2.62 bits per heavy atom. The first-order valence-electron chi connectivity index (χ1n) is 6.88. The van der Waals surface area contributed by atoms with E-state index in [1.165, 1.54) is 11.3 Å². The van der Waals surface area contributed by atoms with Gasteiger partial charge in [0.05, 0.1) is 4.90 Å². The molecule has 1 aromatic heterocycles. The molecule has 0 fully saturated rings. The molecule has 0 saturated heterocycles. The maximum atomic E-state index is 12.4. The number of hydrogen-bond acceptors (Lipinski definition) is 4. The molecule has 0 aliphatic heterocycles. The summed E-state index contributed by atoms with van der Waals surface area (Å²) in [6, 6.07) is 11.0. The second kappa shape index (κ2) is 7.17. The molecule has 0 amide bonds. The molecule has 114 valence electrons. The van der Waals surface area contributed by atoms with E-state index in [0.717, 1.165) is 17.0 Å². The van der Waals surface area contributed by atoms with Crippen LogP contribution in [-0.2, 0) is 16.6 Å². The predicted molar refractivity (Wildman–Crippen MR) is 86.9 cm³/mol. The van der Waals surface area contributed by atoms with Gasteiger partial charge in [0.2, 0.25) is 10.0 Å². The van der Waals surface area contributed by atoms with Crippen molar-refractivity contribution in [3.63, 3.8) is 0 Å². The van der Waals surface area contributed by atoms with Crippen LogP contribution in [0.2, 0.25) is 0 Å². The van der Waals surface area contributed by atoms with Gasteiger partial charge in [0.1, 0.15) is 0 Å². The van der Waals surface area contributed by atoms with E-state index in [1.54, 1.807) is 11.4 Å². The zero-order valence-corrected chi connectivity index (χ0v) is 13.8. The van der Waals surface area contributed by atoms with Crippen molar-refractivity contribution in [2.45, 2.75) is 31.3 Å². The third-order valence-corrected chi connectivity index (χ3v) is 5.73. The first kappa shape index (κ1) is 16.2. The number of hydrogen-bond donors (Lipinski definition) is 2. The molecule has 2 aromatic rings. The Hall–Kier alpha value is -1.21. The third-order valence-electron chi connectivity index (χ3n) is 3.12. The lowest BCUT2D eigenvalue weighted by molar-refractivity contribution is 0.567. The van der Waals surface area contributed by atoms with Crippen LogP contribution in [-0.4, -0.2) is 15.0 Å². The zero-order chi connectivity index (χ0) is 15.3. The van der Waals surface area contributed by atoms with E-state index in [2.05, 4.69) is 10.0 Å². The number of benzene rings is 1. The lowest BCUT2D eigenvalue weighted by Crippen LogP contribution is -2.26. The monoisotopic (exact) mass is 324 g/mol. The Balaban J connectivity index is 2.09. The SMILES string of the molecule is CCNCc1cc(S(=O)(=O)NC(C)c2ccccc2)cs1. The number of nitrogens with one attached hydrogen (secondary N) is 2. The summed E-state index contributed by atoms with van der Waals surface area (Å²) in [5.41, 5.74) is 0.948. The average molecular weight is 324 g/mol. The highest BCUT2D eigenvalue weighted by Crippen LogP contribution is 2.21. The van der Waals surface area contributed by atoms with E-state index in [4.69, 9.17) is 0 Å². The van der Waals surface area contributed by atoms with Crippen LogP contribution in [0.4, 0.5) is 0 Å². The molecule has 2 rings (SSSR count). The van der Waals surface area contributed by atoms with Crippen molar-refractivity contribution in [2.24, 2.45) is 0 Å². The van der Waals surface area contributed by atoms with Gasteiger partial charge in [0, 0.05) is 22.8 Å². The summed E-state index contributed by atoms with van der Waals surface area (Å²) in [5, 5.41) is 4.88. The fourth-order valence-corrected chi connectivity index (χ4v) is 4.43. The molecule has 0 radical (unpaired) electrons. The van der Waals surface area contributed by atoms with E-state index in [1.807, 2.05) is 44.2 Å². The molecule has 21 heavy (non-hydrogen) atoms. The molecule has 4 nitrogen and oxygen atoms in total. The lowest BCUT2D eigenvalue weighted by atomic mass is 10.1. The van der Waals surface area contributed by atoms with Crippen molar-refractivity contribution in [1.82, 2.24) is 10.0 Å². The van der Waals surface area contributed by atoms with E-state index in [0.29, 0.717) is 11.4 Å². The fourth-order valence-electron chi connectivity index (χ4n) is 1.95. The maximum Gasteiger partial charge on any atom is 0.241 e. The molecule has 1 atom stereocenters. The summed E-state index contributed by atoms with van der Waals surface area (Å²) >= 11 is 1.46. The Kier molecular flexibility index (Phi) is 5.52. The summed E-state index contributed by atoms with van der Waals surface area (Å²) in [7, 11) is -3.48. The minimum Gasteiger partial charge on any atom is -0.312 e. The molecular formula is C15H20N2O2S2. The molecule has 1 unspecified atom stereocenters. The van der Waals surface area contributed by atoms with Crippen LogP contribution >= 0.6 is 11.3 Å². The van der Waals surface area contributed by atoms with Crippen molar-refractivity contribution in [1.29, 1.82) is 0 Å². The van der Waals surface area contributed by atoms with Crippen LogP contribution in [0, 0.1) is 0 Å². The summed E-state index contributed by atoms with van der Waals surface area (Å²) in [6.07, 6.45) is 0. The molecule has 0 aliphatic carbocycles. The normalized spacial score (nSPS) is 13.2. The highest BCUT2D eigenvalue weighted by Gasteiger charge is 2.19. The van der Waals surface area contributed by atoms with E-state index < -0.39 is 10.0 Å². The van der Waals surface area contributed by atoms with Gasteiger partial charge in [-0.3, -0.25) is 0 Å². The first-order valence-corrected chi connectivity index (χ1v) is 9.24. The van der Waals surface area contributed by atoms with Gasteiger partial charge in [-0.1, -0.05) is 37.3 Å². The molecule has 0 aliphatic rings. The van der Waals surface area contributed by atoms with Gasteiger partial charge in [0.15, 0.2) is 0 Å². The summed E-state index contributed by atoms with van der Waals surface area (Å²) in [6.45, 7) is 5.43. The second-order valence-electron chi connectivity index (χ2n) is 4.78. The van der Waals surface area contributed by atoms with E-state index in [9.17, 15) is 8.42 Å². The highest BCUT2D eigenvalue weighted by molar-refractivity contribution is 7.89. The van der Waals surface area contributed by atoms with Crippen LogP contribution in [0.15, 0.2) is 46.7 Å². The summed E-state index contributed by atoms with van der Waals surface area (Å²) in [5.74, 6) is 0. The Labute approximate surface area is 130 Å². The number of sulfonamides is 1. The average Bonchev–Trinajstić information content (AvgIpc) is 2.95. The summed E-state index contributed by atoms with van der Waals surface area (Å²) in [4.78, 5) is 1.35. The zero-order valence-electron chi connectivity index (χ0n) is 12.2. The van der Waals surface area contributed by atoms with Gasteiger partial charge in [-0.05, 0) is 25.1 Å². The smallest absolute Gasteiger partial charge is 0.241 e. The molecule has 1 heterocycles. The largest absolute Gasteiger partial charge is 0.312 e. The van der Waals surface area contributed by atoms with Crippen molar-refractivity contribution in [3.05, 3.63) is 52.2 Å². The van der Waals surface area contributed by atoms with Crippen LogP contribution in [0.3, 0.4) is 0 Å². The van der Waals surface area contributed by atoms with Gasteiger partial charge in [-0.25, -0.2) is 13.1 Å². The molecule has 2 N–H and O–H groups in total. The van der Waals surface area contributed by atoms with Crippen molar-refractivity contribution in [2.75, 3.05) is 6.54 Å². The van der Waals surface area contributed by atoms with Crippen LogP contribution in [0.5, 0.6) is 0 Å². The second-order valence-corrected chi connectivity index (χ2v) is 7.49. The van der Waals surface area contributed by atoms with Crippen molar-refractivity contribution >= 4 is 21.4 Å². The topological polar surface area (TPSA) is 58.2 Å². The molecule has 0 spiro atoms. The van der Waals surface area contributed by atoms with E-state index >= 15 is 0 Å². The minimum absolute atomic E-state index is 0.256. The van der Waals surface area contributed by atoms with Gasteiger partial charge >= 0.3 is 0 Å². The Morgan fingerprint density at radius 1 is 1.24 bits per heavy atom. The van der Waals surface area contributed by atoms with Crippen molar-refractivity contribution < 1.29 is 8.42 Å². The Bertz CT molecular complexity index is 666. The van der Waals surface area contributed by atoms with Gasteiger partial charge in [-0.15, -0.1) is 11.3 Å². The predicted octanol–water partition coefficient (Wildman–Crippen LogP) is 2.90. The van der Waals surface area contributed by atoms with Crippen LogP contribution < -0.4 is 10.0 Å². The number of rotatable bonds is 7. The molecule has 0 bridgehead atoms. The Morgan fingerprint density at radius 2 is 1.95 bits per heavy atom. The molecular weight excluding hydrogens is 304 g/mol. The third kappa shape index (κ3) is 4.38. The van der Waals surface area contributed by atoms with Crippen molar-refractivity contribution in [3.8, 4) is 0 Å². The summed E-state index contributed by atoms with van der Waals surface area (Å²) < 4.78 is 27.5. The van der Waals surface area contributed by atoms with Gasteiger partial charge in [-0.2, -0.15) is 0 Å². The molecule has 1 aromatic carbocycles. The van der Waals surface area contributed by atoms with Gasteiger partial charge < -0.3 is 5.32 Å². The lowest BCUT2D eigenvalue weighted by Gasteiger charge is -2.13. The first-order chi connectivity index (χ1) is 10.0. The van der Waals surface area contributed by atoms with Crippen LogP contribution in [0.25, 0.3) is 0 Å². The number of thiophene rings is 1. The molecule has 6 heteroatoms. The minimum atomic E-state index is -3.48. The van der Waals surface area contributed by atoms with Crippen LogP contribution in [0.1, 0.15) is 30.3 Å². The maximum absolute atomic E-state index is 12.4. The van der Waals surface area contributed by atoms with E-state index in [-0.39, 0.29) is 6.04 Å². The van der Waals surface area contributed by atoms with Gasteiger partial charge in [0.25, 0.3) is 0 Å². The fraction of sp³-hybridized carbons (Fsp3) is 0.333. The molecule has 0 saturated carbocycles.